The van der Waals surface area contributed by atoms with Gasteiger partial charge >= 0.3 is 48.7 Å². The van der Waals surface area contributed by atoms with Crippen molar-refractivity contribution in [3.8, 4) is 34.5 Å². The number of rotatable bonds is 16. The topological polar surface area (TPSA) is 368 Å². The molecule has 3 aromatic heterocycles. The number of fused-ring (bicyclic) bond motifs is 3. The van der Waals surface area contributed by atoms with E-state index >= 15 is 0 Å². The van der Waals surface area contributed by atoms with Crippen molar-refractivity contribution >= 4 is 145 Å². The first kappa shape index (κ1) is 97.3. The van der Waals surface area contributed by atoms with Gasteiger partial charge in [0.05, 0.1) is 121 Å². The van der Waals surface area contributed by atoms with Crippen LogP contribution in [0.5, 0.6) is 34.5 Å². The monoisotopic (exact) mass is 1600 g/mol. The van der Waals surface area contributed by atoms with E-state index in [0.29, 0.717) is 83.0 Å². The van der Waals surface area contributed by atoms with Crippen molar-refractivity contribution in [3.05, 3.63) is 197 Å². The number of carbonyl (C=O) groups is 6. The van der Waals surface area contributed by atoms with Crippen LogP contribution in [-0.4, -0.2) is 145 Å². The fraction of sp³-hybridized carbons (Fsp3) is 0.306. The van der Waals surface area contributed by atoms with Crippen molar-refractivity contribution in [3.63, 3.8) is 0 Å². The van der Waals surface area contributed by atoms with Crippen LogP contribution in [0.2, 0.25) is 30.1 Å². The molecule has 9 rings (SSSR count). The number of aromatic nitrogens is 3. The van der Waals surface area contributed by atoms with Crippen molar-refractivity contribution in [2.75, 3.05) is 84.3 Å². The number of halogens is 7. The first-order valence-electron chi connectivity index (χ1n) is 30.7. The molecular formula is C72H83Cl6FLiN9O18. The Hall–Kier alpha value is -9.65. The maximum Gasteiger partial charge on any atom is 1.00 e. The van der Waals surface area contributed by atoms with Gasteiger partial charge in [-0.05, 0) is 126 Å². The number of carboxylic acids is 1. The van der Waals surface area contributed by atoms with E-state index < -0.39 is 31.0 Å². The Kier molecular flexibility index (Phi) is 44.8. The molecular weight excluding hydrogens is 1520 g/mol. The van der Waals surface area contributed by atoms with E-state index in [0.717, 1.165) is 83.1 Å². The number of methoxy groups -OCH3 is 9. The second-order valence-electron chi connectivity index (χ2n) is 20.7. The molecule has 0 unspecified atom stereocenters. The number of nitrogens with zero attached hydrogens (tertiary/aromatic N) is 8. The number of aldehydes is 1. The van der Waals surface area contributed by atoms with Crippen molar-refractivity contribution in [1.82, 2.24) is 14.1 Å². The van der Waals surface area contributed by atoms with Gasteiger partial charge < -0.3 is 72.1 Å². The summed E-state index contributed by atoms with van der Waals surface area (Å²) >= 11 is 36.6. The van der Waals surface area contributed by atoms with Crippen LogP contribution in [0.1, 0.15) is 96.5 Å². The number of esters is 4. The fourth-order valence-electron chi connectivity index (χ4n) is 9.25. The fourth-order valence-corrected chi connectivity index (χ4v) is 10.6. The van der Waals surface area contributed by atoms with Crippen molar-refractivity contribution in [2.24, 2.45) is 24.3 Å². The van der Waals surface area contributed by atoms with E-state index in [9.17, 15) is 33.2 Å². The molecule has 0 amide bonds. The third kappa shape index (κ3) is 26.4. The van der Waals surface area contributed by atoms with Gasteiger partial charge in [0.15, 0.2) is 6.29 Å². The Morgan fingerprint density at radius 3 is 1.41 bits per heavy atom. The minimum atomic E-state index is -1.00. The first-order valence-corrected chi connectivity index (χ1v) is 32.2. The van der Waals surface area contributed by atoms with Gasteiger partial charge in [-0.3, -0.25) is 14.0 Å². The number of azide groups is 2. The largest absolute Gasteiger partial charge is 1.00 e. The Labute approximate surface area is 661 Å². The molecule has 0 aliphatic carbocycles. The quantitative estimate of drug-likeness (QED) is 0.0133. The normalized spacial score (nSPS) is 9.88. The van der Waals surface area contributed by atoms with E-state index in [1.165, 1.54) is 34.5 Å². The Morgan fingerprint density at radius 1 is 0.579 bits per heavy atom. The number of aromatic amines is 1. The number of aryl methyl sites for hydroxylation is 2. The summed E-state index contributed by atoms with van der Waals surface area (Å²) in [5.74, 6) is 1.19. The summed E-state index contributed by atoms with van der Waals surface area (Å²) in [6, 6.07) is 22.8. The molecule has 0 bridgehead atoms. The third-order valence-electron chi connectivity index (χ3n) is 14.8. The molecule has 0 radical (unpaired) electrons. The summed E-state index contributed by atoms with van der Waals surface area (Å²) < 4.78 is 68.1. The molecule has 574 valence electrons. The van der Waals surface area contributed by atoms with Crippen LogP contribution in [0.4, 0.5) is 4.39 Å². The smallest absolute Gasteiger partial charge is 0.870 e. The number of alkyl halides is 1. The summed E-state index contributed by atoms with van der Waals surface area (Å²) in [5, 5.41) is 21.0. The molecule has 3 N–H and O–H groups in total. The maximum atomic E-state index is 11.6. The predicted molar refractivity (Wildman–Crippen MR) is 412 cm³/mol. The van der Waals surface area contributed by atoms with Gasteiger partial charge in [-0.1, -0.05) is 93.3 Å². The van der Waals surface area contributed by atoms with Crippen LogP contribution in [0.15, 0.2) is 94.8 Å². The number of benzene rings is 6. The average molecular weight is 1600 g/mol. The van der Waals surface area contributed by atoms with Crippen LogP contribution in [0, 0.1) is 41.5 Å². The van der Waals surface area contributed by atoms with Gasteiger partial charge in [0, 0.05) is 102 Å². The number of nitrogens with one attached hydrogen (secondary N) is 1. The molecule has 0 saturated carbocycles. The number of carbonyl (C=O) groups excluding carboxylic acids is 5. The number of ether oxygens (including phenoxy) is 10. The maximum absolute atomic E-state index is 11.6. The molecule has 0 aliphatic rings. The zero-order valence-corrected chi connectivity index (χ0v) is 66.0. The summed E-state index contributed by atoms with van der Waals surface area (Å²) in [5.41, 5.74) is 25.4. The van der Waals surface area contributed by atoms with Crippen LogP contribution in [0.3, 0.4) is 0 Å². The average Bonchev–Trinajstić information content (AvgIpc) is 1.63. The predicted octanol–water partition coefficient (Wildman–Crippen LogP) is 16.2. The van der Waals surface area contributed by atoms with E-state index in [1.54, 1.807) is 121 Å². The molecule has 0 spiro atoms. The molecule has 35 heteroatoms. The molecule has 0 fully saturated rings. The Morgan fingerprint density at radius 2 is 1.00 bits per heavy atom. The second kappa shape index (κ2) is 49.3. The Balaban J connectivity index is 0. The molecule has 9 aromatic rings. The van der Waals surface area contributed by atoms with E-state index in [2.05, 4.69) is 39.2 Å². The number of hydrogen-bond acceptors (Lipinski definition) is 19. The molecule has 3 heterocycles. The van der Waals surface area contributed by atoms with Crippen molar-refractivity contribution in [1.29, 1.82) is 0 Å². The zero-order valence-electron chi connectivity index (χ0n) is 62.4. The number of hydrogen-bond donors (Lipinski definition) is 2. The third-order valence-corrected chi connectivity index (χ3v) is 17.7. The zero-order chi connectivity index (χ0) is 79.7. The van der Waals surface area contributed by atoms with Crippen LogP contribution < -0.4 is 47.3 Å². The van der Waals surface area contributed by atoms with Crippen LogP contribution >= 0.6 is 69.6 Å². The standard InChI is InChI=1S/C13H14ClNO3.C12H12ClN3O3.2C12H12ClNO3.C9H9ClO2.C8H9ClO.C4H7N3O2.CH3F.CH4.Li.H2O/c1-7-11(17-3)6-9-8(12(7)14)5-10(15(9)2)13(16)18-4;1-7-10(18-2)5-4-8(11(7)13)6-9(15-16-14)12(17)19-3;1-6-10(16-2)5-8-7(11(6)13)4-9(14-8)12(15)17-3;1-6-10(17-3)5-8-7(11(6)13)4-9(12(15)16)14(8)2;1-6-8(12-2)4-3-7(5-11)9(6)10;1-6-7(9)4-3-5-8(6)10-2;1-2-9-4(8)3-6-7-5;1-2;;;/h5-6H,1-4H3;4-6H,1-3H3;4-5,14H,1-3H3;4-5H,1-3H3,(H,15,16);3-5H,1-2H3;3-5H,1-2H3;2-3H2,1H3;1H3;1H4;;1H2/q;;;;;;;;;+1;/p-1/b;9-6-;;;;;;;;;/i;;;;;;;1D;;;. The van der Waals surface area contributed by atoms with Crippen LogP contribution in [0.25, 0.3) is 59.7 Å². The van der Waals surface area contributed by atoms with Crippen molar-refractivity contribution < 1.29 is 111 Å². The van der Waals surface area contributed by atoms with Gasteiger partial charge in [-0.2, -0.15) is 0 Å². The second-order valence-corrected chi connectivity index (χ2v) is 23.0. The molecule has 107 heavy (non-hydrogen) atoms. The SMILES string of the molecule is C.CCOC(=O)CN=[N+]=[N-].COC(=O)/C(=C/c1ccc(OC)c(C)c1Cl)N=[N+]=[N-].COC(=O)c1cc2c(Cl)c(C)c(OC)cc2[nH]1.COC(=O)c1cc2c(Cl)c(C)c(OC)cc2n1C.COc1cc2c(cc(C(=O)O)n2C)c(Cl)c1C.COc1ccc(C=O)c(Cl)c1C.COc1cccc(Cl)c1C.[2H]CF.[Li+].[OH-]. The van der Waals surface area contributed by atoms with Crippen LogP contribution in [-0.2, 0) is 42.6 Å². The summed E-state index contributed by atoms with van der Waals surface area (Å²) in [7, 11) is 15.8. The molecule has 0 atom stereocenters. The molecule has 6 aromatic carbocycles. The number of H-pyrrole nitrogens is 1. The first-order chi connectivity index (χ1) is 49.8. The van der Waals surface area contributed by atoms with Crippen molar-refractivity contribution in [2.45, 2.75) is 55.9 Å². The summed E-state index contributed by atoms with van der Waals surface area (Å²) in [6.07, 6.45) is 2.09. The molecule has 0 saturated heterocycles. The number of carboxylic acid groups (broad SMARTS) is 1. The van der Waals surface area contributed by atoms with Gasteiger partial charge in [0.2, 0.25) is 0 Å². The van der Waals surface area contributed by atoms with Gasteiger partial charge in [0.1, 0.15) is 63.8 Å². The minimum absolute atomic E-state index is 0. The van der Waals surface area contributed by atoms with E-state index in [4.69, 9.17) is 120 Å². The van der Waals surface area contributed by atoms with E-state index in [-0.39, 0.29) is 55.7 Å². The minimum Gasteiger partial charge on any atom is -0.870 e. The molecule has 27 nitrogen and oxygen atoms in total. The molecule has 0 aliphatic heterocycles. The van der Waals surface area contributed by atoms with Gasteiger partial charge in [0.25, 0.3) is 0 Å². The van der Waals surface area contributed by atoms with Gasteiger partial charge in [-0.25, -0.2) is 19.2 Å². The summed E-state index contributed by atoms with van der Waals surface area (Å²) in [4.78, 5) is 74.2. The van der Waals surface area contributed by atoms with E-state index in [1.807, 2.05) is 65.0 Å². The summed E-state index contributed by atoms with van der Waals surface area (Å²) in [6.45, 7) is 12.9. The number of aromatic carboxylic acids is 1. The van der Waals surface area contributed by atoms with Gasteiger partial charge in [-0.15, -0.1) is 0 Å². The Bertz CT molecular complexity index is 4720.